The highest BCUT2D eigenvalue weighted by molar-refractivity contribution is 7.99. The molecule has 1 aromatic carbocycles. The van der Waals surface area contributed by atoms with Gasteiger partial charge in [-0.3, -0.25) is 4.79 Å². The third-order valence-corrected chi connectivity index (χ3v) is 5.59. The smallest absolute Gasteiger partial charge is 0.233 e. The molecule has 0 unspecified atom stereocenters. The van der Waals surface area contributed by atoms with Crippen LogP contribution in [-0.4, -0.2) is 75.0 Å². The van der Waals surface area contributed by atoms with E-state index in [1.807, 2.05) is 47.4 Å². The van der Waals surface area contributed by atoms with Gasteiger partial charge >= 0.3 is 0 Å². The number of carbonyl (C=O) groups is 1. The molecule has 0 aliphatic carbocycles. The van der Waals surface area contributed by atoms with Crippen LogP contribution in [0.15, 0.2) is 53.8 Å². The zero-order chi connectivity index (χ0) is 20.1. The van der Waals surface area contributed by atoms with Gasteiger partial charge < -0.3 is 14.5 Å². The number of hydrogen-bond acceptors (Lipinski definition) is 8. The number of amides is 1. The molecule has 9 nitrogen and oxygen atoms in total. The van der Waals surface area contributed by atoms with E-state index in [2.05, 4.69) is 25.4 Å². The van der Waals surface area contributed by atoms with Gasteiger partial charge in [0.1, 0.15) is 11.6 Å². The minimum absolute atomic E-state index is 0.0833. The van der Waals surface area contributed by atoms with Crippen molar-refractivity contribution in [1.82, 2.24) is 30.1 Å². The Balaban J connectivity index is 1.32. The van der Waals surface area contributed by atoms with Gasteiger partial charge in [0, 0.05) is 32.4 Å². The maximum Gasteiger partial charge on any atom is 0.233 e. The first-order valence-electron chi connectivity index (χ1n) is 9.24. The first kappa shape index (κ1) is 19.2. The number of pyridine rings is 1. The fourth-order valence-electron chi connectivity index (χ4n) is 3.10. The zero-order valence-electron chi connectivity index (χ0n) is 16.0. The summed E-state index contributed by atoms with van der Waals surface area (Å²) in [4.78, 5) is 21.1. The maximum atomic E-state index is 12.6. The number of ether oxygens (including phenoxy) is 1. The minimum Gasteiger partial charge on any atom is -0.497 e. The first-order valence-corrected chi connectivity index (χ1v) is 10.2. The summed E-state index contributed by atoms with van der Waals surface area (Å²) in [6, 6.07) is 13.3. The Kier molecular flexibility index (Phi) is 5.89. The fraction of sp³-hybridized carbons (Fsp3) is 0.316. The van der Waals surface area contributed by atoms with Crippen LogP contribution in [0.5, 0.6) is 5.75 Å². The van der Waals surface area contributed by atoms with Crippen LogP contribution in [0.1, 0.15) is 0 Å². The lowest BCUT2D eigenvalue weighted by Gasteiger charge is -2.35. The van der Waals surface area contributed by atoms with Gasteiger partial charge in [0.2, 0.25) is 11.1 Å². The van der Waals surface area contributed by atoms with Gasteiger partial charge in [-0.2, -0.15) is 4.68 Å². The molecule has 0 atom stereocenters. The zero-order valence-corrected chi connectivity index (χ0v) is 16.8. The number of rotatable bonds is 6. The molecule has 3 heterocycles. The van der Waals surface area contributed by atoms with E-state index in [1.165, 1.54) is 11.8 Å². The topological polar surface area (TPSA) is 89.3 Å². The Labute approximate surface area is 172 Å². The number of tetrazole rings is 1. The summed E-state index contributed by atoms with van der Waals surface area (Å²) >= 11 is 1.34. The van der Waals surface area contributed by atoms with Crippen LogP contribution >= 0.6 is 11.8 Å². The van der Waals surface area contributed by atoms with Crippen LogP contribution in [0.25, 0.3) is 5.69 Å². The van der Waals surface area contributed by atoms with E-state index in [1.54, 1.807) is 18.0 Å². The van der Waals surface area contributed by atoms with Gasteiger partial charge in [-0.15, -0.1) is 5.10 Å². The van der Waals surface area contributed by atoms with Crippen molar-refractivity contribution in [2.75, 3.05) is 43.9 Å². The SMILES string of the molecule is COc1ccc(-n2nnnc2SCC(=O)N2CCN(c3ccccn3)CC2)cc1. The summed E-state index contributed by atoms with van der Waals surface area (Å²) in [5.74, 6) is 2.09. The van der Waals surface area contributed by atoms with Crippen molar-refractivity contribution in [2.45, 2.75) is 5.16 Å². The number of anilines is 1. The number of methoxy groups -OCH3 is 1. The maximum absolute atomic E-state index is 12.6. The quantitative estimate of drug-likeness (QED) is 0.564. The first-order chi connectivity index (χ1) is 14.2. The molecule has 0 N–H and O–H groups in total. The molecule has 1 aliphatic rings. The molecule has 0 radical (unpaired) electrons. The van der Waals surface area contributed by atoms with Crippen LogP contribution in [-0.2, 0) is 4.79 Å². The minimum atomic E-state index is 0.0833. The molecule has 0 saturated carbocycles. The Hall–Kier alpha value is -3.14. The Morgan fingerprint density at radius 2 is 1.90 bits per heavy atom. The summed E-state index contributed by atoms with van der Waals surface area (Å²) in [6.45, 7) is 2.91. The number of thioether (sulfide) groups is 1. The monoisotopic (exact) mass is 411 g/mol. The average molecular weight is 411 g/mol. The molecule has 29 heavy (non-hydrogen) atoms. The summed E-state index contributed by atoms with van der Waals surface area (Å²) in [7, 11) is 1.62. The number of piperazine rings is 1. The van der Waals surface area contributed by atoms with Crippen molar-refractivity contribution in [3.8, 4) is 11.4 Å². The second kappa shape index (κ2) is 8.91. The molecule has 1 saturated heterocycles. The molecule has 1 amide bonds. The molecule has 1 aliphatic heterocycles. The molecule has 4 rings (SSSR count). The molecule has 2 aromatic heterocycles. The van der Waals surface area contributed by atoms with E-state index < -0.39 is 0 Å². The number of carbonyl (C=O) groups excluding carboxylic acids is 1. The van der Waals surface area contributed by atoms with Gasteiger partial charge in [-0.25, -0.2) is 4.98 Å². The van der Waals surface area contributed by atoms with Crippen LogP contribution < -0.4 is 9.64 Å². The van der Waals surface area contributed by atoms with E-state index in [0.29, 0.717) is 24.0 Å². The molecule has 0 spiro atoms. The second-order valence-electron chi connectivity index (χ2n) is 6.42. The van der Waals surface area contributed by atoms with E-state index >= 15 is 0 Å². The summed E-state index contributed by atoms with van der Waals surface area (Å²) in [6.07, 6.45) is 1.79. The summed E-state index contributed by atoms with van der Waals surface area (Å²) in [5, 5.41) is 12.4. The summed E-state index contributed by atoms with van der Waals surface area (Å²) < 4.78 is 6.80. The molecule has 0 bridgehead atoms. The van der Waals surface area contributed by atoms with Crippen LogP contribution in [0, 0.1) is 0 Å². The van der Waals surface area contributed by atoms with Crippen molar-refractivity contribution in [3.05, 3.63) is 48.7 Å². The molecule has 1 fully saturated rings. The Morgan fingerprint density at radius 1 is 1.10 bits per heavy atom. The molecule has 10 heteroatoms. The van der Waals surface area contributed by atoms with Gasteiger partial charge in [0.25, 0.3) is 0 Å². The van der Waals surface area contributed by atoms with Crippen molar-refractivity contribution >= 4 is 23.5 Å². The lowest BCUT2D eigenvalue weighted by Crippen LogP contribution is -2.49. The van der Waals surface area contributed by atoms with Crippen LogP contribution in [0.3, 0.4) is 0 Å². The van der Waals surface area contributed by atoms with Crippen molar-refractivity contribution < 1.29 is 9.53 Å². The van der Waals surface area contributed by atoms with Crippen LogP contribution in [0.2, 0.25) is 0 Å². The van der Waals surface area contributed by atoms with Gasteiger partial charge in [0.15, 0.2) is 0 Å². The van der Waals surface area contributed by atoms with E-state index in [9.17, 15) is 4.79 Å². The van der Waals surface area contributed by atoms with E-state index in [-0.39, 0.29) is 5.91 Å². The lowest BCUT2D eigenvalue weighted by atomic mass is 10.3. The van der Waals surface area contributed by atoms with Crippen molar-refractivity contribution in [2.24, 2.45) is 0 Å². The van der Waals surface area contributed by atoms with Crippen molar-refractivity contribution in [3.63, 3.8) is 0 Å². The van der Waals surface area contributed by atoms with Gasteiger partial charge in [0.05, 0.1) is 18.6 Å². The van der Waals surface area contributed by atoms with Crippen LogP contribution in [0.4, 0.5) is 5.82 Å². The highest BCUT2D eigenvalue weighted by atomic mass is 32.2. The molecule has 3 aromatic rings. The second-order valence-corrected chi connectivity index (χ2v) is 7.36. The third kappa shape index (κ3) is 4.48. The number of aromatic nitrogens is 5. The fourth-order valence-corrected chi connectivity index (χ4v) is 3.89. The average Bonchev–Trinajstić information content (AvgIpc) is 3.27. The highest BCUT2D eigenvalue weighted by Crippen LogP contribution is 2.21. The number of nitrogens with zero attached hydrogens (tertiary/aromatic N) is 7. The largest absolute Gasteiger partial charge is 0.497 e. The normalized spacial score (nSPS) is 14.1. The van der Waals surface area contributed by atoms with E-state index in [4.69, 9.17) is 4.74 Å². The van der Waals surface area contributed by atoms with Gasteiger partial charge in [-0.1, -0.05) is 17.8 Å². The highest BCUT2D eigenvalue weighted by Gasteiger charge is 2.22. The predicted octanol–water partition coefficient (Wildman–Crippen LogP) is 1.51. The molecule has 150 valence electrons. The van der Waals surface area contributed by atoms with Crippen molar-refractivity contribution in [1.29, 1.82) is 0 Å². The standard InChI is InChI=1S/C19H21N7O2S/c1-28-16-7-5-15(6-8-16)26-19(21-22-23-26)29-14-18(27)25-12-10-24(11-13-25)17-4-2-3-9-20-17/h2-9H,10-14H2,1H3. The Morgan fingerprint density at radius 3 is 2.59 bits per heavy atom. The van der Waals surface area contributed by atoms with E-state index in [0.717, 1.165) is 30.3 Å². The predicted molar refractivity (Wildman–Crippen MR) is 109 cm³/mol. The van der Waals surface area contributed by atoms with Gasteiger partial charge in [-0.05, 0) is 46.8 Å². The number of benzene rings is 1. The third-order valence-electron chi connectivity index (χ3n) is 4.69. The lowest BCUT2D eigenvalue weighted by molar-refractivity contribution is -0.128. The summed E-state index contributed by atoms with van der Waals surface area (Å²) in [5.41, 5.74) is 0.815. The molecular formula is C19H21N7O2S. The molecular weight excluding hydrogens is 390 g/mol. The Bertz CT molecular complexity index is 941. The number of hydrogen-bond donors (Lipinski definition) is 0.